The average Bonchev–Trinajstić information content (AvgIpc) is 3.78. The Bertz CT molecular complexity index is 1820. The third-order valence-electron chi connectivity index (χ3n) is 8.65. The van der Waals surface area contributed by atoms with Gasteiger partial charge in [0.15, 0.2) is 0 Å². The van der Waals surface area contributed by atoms with Crippen LogP contribution in [0, 0.1) is 23.3 Å². The molecule has 0 radical (unpaired) electrons. The summed E-state index contributed by atoms with van der Waals surface area (Å²) in [5.41, 5.74) is 3.16. The van der Waals surface area contributed by atoms with Crippen LogP contribution in [0.3, 0.4) is 0 Å². The lowest BCUT2D eigenvalue weighted by molar-refractivity contribution is 0.153. The number of hydrogen-bond acceptors (Lipinski definition) is 5. The first-order valence-electron chi connectivity index (χ1n) is 15.1. The molecule has 47 heavy (non-hydrogen) atoms. The first kappa shape index (κ1) is 32.2. The summed E-state index contributed by atoms with van der Waals surface area (Å²) in [6.07, 6.45) is 3.16. The van der Waals surface area contributed by atoms with Crippen molar-refractivity contribution in [3.63, 3.8) is 0 Å². The number of aliphatic hydroxyl groups is 1. The van der Waals surface area contributed by atoms with Crippen LogP contribution in [0.25, 0.3) is 11.1 Å². The van der Waals surface area contributed by atoms with E-state index in [9.17, 15) is 32.5 Å². The minimum atomic E-state index is -0.863. The molecule has 1 fully saturated rings. The van der Waals surface area contributed by atoms with Gasteiger partial charge in [0.1, 0.15) is 29.9 Å². The van der Waals surface area contributed by atoms with E-state index in [0.717, 1.165) is 47.5 Å². The van der Waals surface area contributed by atoms with Crippen molar-refractivity contribution in [2.24, 2.45) is 0 Å². The molecule has 11 heteroatoms. The van der Waals surface area contributed by atoms with Crippen LogP contribution < -0.4 is 0 Å². The molecule has 240 valence electrons. The number of carbonyl (C=O) groups excluding carboxylic acids is 1. The predicted octanol–water partition coefficient (Wildman–Crippen LogP) is 6.80. The fourth-order valence-electron chi connectivity index (χ4n) is 6.55. The van der Waals surface area contributed by atoms with Gasteiger partial charge >= 0.3 is 13.1 Å². The van der Waals surface area contributed by atoms with Crippen molar-refractivity contribution in [2.75, 3.05) is 13.2 Å². The molecule has 0 aliphatic carbocycles. The van der Waals surface area contributed by atoms with E-state index < -0.39 is 48.5 Å². The zero-order valence-corrected chi connectivity index (χ0v) is 25.3. The van der Waals surface area contributed by atoms with E-state index >= 15 is 0 Å². The zero-order chi connectivity index (χ0) is 33.2. The van der Waals surface area contributed by atoms with Gasteiger partial charge < -0.3 is 14.9 Å². The summed E-state index contributed by atoms with van der Waals surface area (Å²) in [6, 6.07) is 23.8. The third kappa shape index (κ3) is 6.34. The maximum atomic E-state index is 14.2. The van der Waals surface area contributed by atoms with Crippen molar-refractivity contribution >= 4 is 24.3 Å². The van der Waals surface area contributed by atoms with Crippen LogP contribution in [0.15, 0.2) is 109 Å². The zero-order valence-electron chi connectivity index (χ0n) is 25.3. The molecule has 0 saturated carbocycles. The lowest BCUT2D eigenvalue weighted by atomic mass is 9.81. The number of fused-ring (bicyclic) bond motifs is 1. The van der Waals surface area contributed by atoms with Crippen molar-refractivity contribution in [1.82, 2.24) is 9.71 Å². The number of aliphatic hydroxyl groups excluding tert-OH is 1. The summed E-state index contributed by atoms with van der Waals surface area (Å²) in [5, 5.41) is 20.0. The summed E-state index contributed by atoms with van der Waals surface area (Å²) in [7, 11) is -0.863. The van der Waals surface area contributed by atoms with Gasteiger partial charge in [-0.05, 0) is 65.5 Å². The standard InChI is InChI=1S/C18H18BF2NO2.C18H13F2NO2/c1-19(24)22-17(12-5-3-2-4-6-12)10-15(18(22)11-23)14-9-13(20)7-8-16(14)21;19-12-6-7-15(20)13(8-12)14-9-16(11-4-2-1-3-5-11)21-17(14)10-23-18(21)22/h2-10,17-18,23-24H,11H2,1H3;1-9,16-17H,10H2. The number of benzene rings is 4. The minimum absolute atomic E-state index is 0.109. The smallest absolute Gasteiger partial charge is 0.411 e. The second-order valence-corrected chi connectivity index (χ2v) is 11.5. The van der Waals surface area contributed by atoms with Gasteiger partial charge in [-0.1, -0.05) is 72.8 Å². The maximum Gasteiger partial charge on any atom is 0.411 e. The van der Waals surface area contributed by atoms with E-state index in [1.54, 1.807) is 22.6 Å². The van der Waals surface area contributed by atoms with Gasteiger partial charge in [0.05, 0.1) is 24.7 Å². The lowest BCUT2D eigenvalue weighted by Gasteiger charge is -2.32. The van der Waals surface area contributed by atoms with Crippen molar-refractivity contribution in [1.29, 1.82) is 0 Å². The molecule has 0 spiro atoms. The van der Waals surface area contributed by atoms with Crippen LogP contribution in [-0.4, -0.2) is 58.3 Å². The monoisotopic (exact) mass is 642 g/mol. The summed E-state index contributed by atoms with van der Waals surface area (Å²) in [4.78, 5) is 15.3. The van der Waals surface area contributed by atoms with Gasteiger partial charge in [-0.15, -0.1) is 0 Å². The van der Waals surface area contributed by atoms with Crippen LogP contribution in [-0.2, 0) is 4.74 Å². The first-order chi connectivity index (χ1) is 22.7. The fraction of sp³-hybridized carbons (Fsp3) is 0.194. The van der Waals surface area contributed by atoms with E-state index in [0.29, 0.717) is 11.1 Å². The molecule has 7 rings (SSSR count). The molecule has 4 atom stereocenters. The fourth-order valence-corrected chi connectivity index (χ4v) is 6.55. The van der Waals surface area contributed by atoms with Crippen molar-refractivity contribution < 1.29 is 37.2 Å². The Morgan fingerprint density at radius 3 is 1.81 bits per heavy atom. The Labute approximate surface area is 270 Å². The maximum absolute atomic E-state index is 14.2. The molecule has 1 amide bonds. The Morgan fingerprint density at radius 1 is 0.766 bits per heavy atom. The number of amides is 1. The van der Waals surface area contributed by atoms with Crippen molar-refractivity contribution in [2.45, 2.75) is 31.0 Å². The molecule has 3 aliphatic rings. The predicted molar refractivity (Wildman–Crippen MR) is 171 cm³/mol. The second-order valence-electron chi connectivity index (χ2n) is 11.5. The average molecular weight is 642 g/mol. The highest BCUT2D eigenvalue weighted by atomic mass is 19.1. The van der Waals surface area contributed by atoms with Gasteiger partial charge in [0, 0.05) is 17.2 Å². The number of ether oxygens (including phenoxy) is 1. The van der Waals surface area contributed by atoms with Crippen LogP contribution >= 0.6 is 0 Å². The molecule has 4 unspecified atom stereocenters. The van der Waals surface area contributed by atoms with Crippen LogP contribution in [0.2, 0.25) is 6.82 Å². The summed E-state index contributed by atoms with van der Waals surface area (Å²) < 4.78 is 60.6. The van der Waals surface area contributed by atoms with E-state index in [1.165, 1.54) is 0 Å². The SMILES string of the molecule is CB(O)N1C(CO)C(c2cc(F)ccc2F)=CC1c1ccccc1.O=C1OCC2C(c3cc(F)ccc3F)=CC(c3ccccc3)N12. The second kappa shape index (κ2) is 13.6. The van der Waals surface area contributed by atoms with Gasteiger partial charge in [-0.2, -0.15) is 0 Å². The molecule has 1 saturated heterocycles. The molecule has 6 nitrogen and oxygen atoms in total. The number of cyclic esters (lactones) is 1. The Kier molecular flexibility index (Phi) is 9.31. The van der Waals surface area contributed by atoms with Crippen LogP contribution in [0.1, 0.15) is 34.3 Å². The molecule has 0 aromatic heterocycles. The largest absolute Gasteiger partial charge is 0.447 e. The van der Waals surface area contributed by atoms with Gasteiger partial charge in [0.2, 0.25) is 0 Å². The number of nitrogens with zero attached hydrogens (tertiary/aromatic N) is 2. The normalized spacial score (nSPS) is 21.9. The van der Waals surface area contributed by atoms with E-state index in [-0.39, 0.29) is 36.4 Å². The molecular formula is C36H31BF4N2O4. The third-order valence-corrected chi connectivity index (χ3v) is 8.65. The summed E-state index contributed by atoms with van der Waals surface area (Å²) in [6.45, 7) is 1.43. The molecule has 0 bridgehead atoms. The van der Waals surface area contributed by atoms with Crippen LogP contribution in [0.4, 0.5) is 22.4 Å². The van der Waals surface area contributed by atoms with Crippen LogP contribution in [0.5, 0.6) is 0 Å². The van der Waals surface area contributed by atoms with Crippen molar-refractivity contribution in [3.05, 3.63) is 155 Å². The minimum Gasteiger partial charge on any atom is -0.447 e. The molecular weight excluding hydrogens is 611 g/mol. The molecule has 2 N–H and O–H groups in total. The topological polar surface area (TPSA) is 73.2 Å². The van der Waals surface area contributed by atoms with Gasteiger partial charge in [0.25, 0.3) is 0 Å². The Balaban J connectivity index is 0.000000164. The Morgan fingerprint density at radius 2 is 1.28 bits per heavy atom. The quantitative estimate of drug-likeness (QED) is 0.179. The van der Waals surface area contributed by atoms with Gasteiger partial charge in [-0.3, -0.25) is 9.71 Å². The highest BCUT2D eigenvalue weighted by Gasteiger charge is 2.46. The summed E-state index contributed by atoms with van der Waals surface area (Å²) in [5.74, 6) is -2.12. The van der Waals surface area contributed by atoms with E-state index in [4.69, 9.17) is 4.74 Å². The number of rotatable bonds is 6. The lowest BCUT2D eigenvalue weighted by Crippen LogP contribution is -2.45. The number of hydrogen-bond donors (Lipinski definition) is 2. The van der Waals surface area contributed by atoms with Gasteiger partial charge in [-0.25, -0.2) is 22.4 Å². The van der Waals surface area contributed by atoms with E-state index in [1.807, 2.05) is 66.7 Å². The highest BCUT2D eigenvalue weighted by Crippen LogP contribution is 2.43. The number of halogens is 4. The van der Waals surface area contributed by atoms with E-state index in [2.05, 4.69) is 0 Å². The molecule has 3 heterocycles. The molecule has 4 aromatic rings. The highest BCUT2D eigenvalue weighted by molar-refractivity contribution is 6.46. The Hall–Kier alpha value is -4.71. The summed E-state index contributed by atoms with van der Waals surface area (Å²) >= 11 is 0. The first-order valence-corrected chi connectivity index (χ1v) is 15.1. The number of carbonyl (C=O) groups is 1. The van der Waals surface area contributed by atoms with Crippen molar-refractivity contribution in [3.8, 4) is 0 Å². The molecule has 3 aliphatic heterocycles. The molecule has 4 aromatic carbocycles.